The fourth-order valence-corrected chi connectivity index (χ4v) is 2.69. The van der Waals surface area contributed by atoms with E-state index < -0.39 is 11.0 Å². The summed E-state index contributed by atoms with van der Waals surface area (Å²) in [7, 11) is 1.38. The maximum Gasteiger partial charge on any atom is 0.311 e. The Hall–Kier alpha value is -2.92. The zero-order valence-corrected chi connectivity index (χ0v) is 12.5. The minimum Gasteiger partial charge on any atom is -0.490 e. The number of ether oxygens (including phenoxy) is 1. The highest BCUT2D eigenvalue weighted by molar-refractivity contribution is 5.86. The van der Waals surface area contributed by atoms with Crippen molar-refractivity contribution in [3.8, 4) is 5.75 Å². The van der Waals surface area contributed by atoms with Gasteiger partial charge in [-0.2, -0.15) is 0 Å². The number of aliphatic hydroxyl groups excluding tert-OH is 1. The Morgan fingerprint density at radius 3 is 2.57 bits per heavy atom. The van der Waals surface area contributed by atoms with Crippen molar-refractivity contribution in [1.82, 2.24) is 0 Å². The van der Waals surface area contributed by atoms with E-state index in [9.17, 15) is 15.2 Å². The molecule has 0 radical (unpaired) electrons. The van der Waals surface area contributed by atoms with E-state index in [-0.39, 0.29) is 11.4 Å². The number of aliphatic hydroxyl groups is 1. The van der Waals surface area contributed by atoms with Crippen molar-refractivity contribution in [1.29, 1.82) is 0 Å². The van der Waals surface area contributed by atoms with E-state index in [1.165, 1.54) is 19.2 Å². The number of nitro groups is 1. The van der Waals surface area contributed by atoms with Crippen LogP contribution in [-0.4, -0.2) is 17.1 Å². The Balaban J connectivity index is 2.11. The number of benzene rings is 3. The predicted molar refractivity (Wildman–Crippen MR) is 87.7 cm³/mol. The maximum absolute atomic E-state index is 11.1. The Labute approximate surface area is 132 Å². The van der Waals surface area contributed by atoms with Crippen LogP contribution < -0.4 is 4.74 Å². The molecule has 5 nitrogen and oxygen atoms in total. The molecule has 116 valence electrons. The van der Waals surface area contributed by atoms with Crippen LogP contribution in [0.5, 0.6) is 5.75 Å². The van der Waals surface area contributed by atoms with E-state index in [4.69, 9.17) is 4.74 Å². The first kappa shape index (κ1) is 15.0. The third kappa shape index (κ3) is 2.74. The van der Waals surface area contributed by atoms with E-state index in [1.807, 2.05) is 42.5 Å². The molecule has 1 N–H and O–H groups in total. The van der Waals surface area contributed by atoms with Crippen molar-refractivity contribution in [2.24, 2.45) is 0 Å². The lowest BCUT2D eigenvalue weighted by atomic mass is 9.95. The molecule has 0 fully saturated rings. The maximum atomic E-state index is 11.1. The van der Waals surface area contributed by atoms with Crippen molar-refractivity contribution in [3.05, 3.63) is 81.9 Å². The van der Waals surface area contributed by atoms with Crippen LogP contribution >= 0.6 is 0 Å². The quantitative estimate of drug-likeness (QED) is 0.587. The first-order valence-corrected chi connectivity index (χ1v) is 7.10. The lowest BCUT2D eigenvalue weighted by Crippen LogP contribution is -2.02. The second-order valence-electron chi connectivity index (χ2n) is 5.16. The number of nitro benzene ring substituents is 1. The SMILES string of the molecule is COc1ccc([C@H](O)c2cccc3ccccc23)cc1[N+](=O)[O-]. The Morgan fingerprint density at radius 2 is 1.83 bits per heavy atom. The second-order valence-corrected chi connectivity index (χ2v) is 5.16. The smallest absolute Gasteiger partial charge is 0.311 e. The van der Waals surface area contributed by atoms with Gasteiger partial charge in [-0.15, -0.1) is 0 Å². The summed E-state index contributed by atoms with van der Waals surface area (Å²) in [5.74, 6) is 0.170. The lowest BCUT2D eigenvalue weighted by Gasteiger charge is -2.15. The van der Waals surface area contributed by atoms with Gasteiger partial charge >= 0.3 is 5.69 Å². The summed E-state index contributed by atoms with van der Waals surface area (Å²) in [6, 6.07) is 17.8. The summed E-state index contributed by atoms with van der Waals surface area (Å²) < 4.78 is 4.99. The van der Waals surface area contributed by atoms with Crippen LogP contribution in [0.4, 0.5) is 5.69 Å². The molecule has 0 saturated carbocycles. The number of nitrogens with zero attached hydrogens (tertiary/aromatic N) is 1. The highest BCUT2D eigenvalue weighted by Gasteiger charge is 2.20. The van der Waals surface area contributed by atoms with E-state index in [1.54, 1.807) is 6.07 Å². The van der Waals surface area contributed by atoms with E-state index >= 15 is 0 Å². The third-order valence-corrected chi connectivity index (χ3v) is 3.83. The molecular formula is C18H15NO4. The molecule has 0 spiro atoms. The van der Waals surface area contributed by atoms with E-state index in [2.05, 4.69) is 0 Å². The molecule has 3 aromatic carbocycles. The zero-order chi connectivity index (χ0) is 16.4. The molecule has 1 atom stereocenters. The van der Waals surface area contributed by atoms with Gasteiger partial charge in [-0.25, -0.2) is 0 Å². The fourth-order valence-electron chi connectivity index (χ4n) is 2.69. The van der Waals surface area contributed by atoms with Gasteiger partial charge in [-0.1, -0.05) is 48.5 Å². The Kier molecular flexibility index (Phi) is 3.95. The monoisotopic (exact) mass is 309 g/mol. The minimum absolute atomic E-state index is 0.163. The summed E-state index contributed by atoms with van der Waals surface area (Å²) in [6.45, 7) is 0. The second kappa shape index (κ2) is 6.06. The average molecular weight is 309 g/mol. The minimum atomic E-state index is -0.953. The van der Waals surface area contributed by atoms with E-state index in [0.717, 1.165) is 10.8 Å². The summed E-state index contributed by atoms with van der Waals surface area (Å²) in [5, 5.41) is 23.8. The molecule has 0 aliphatic carbocycles. The van der Waals surface area contributed by atoms with Crippen LogP contribution in [0.15, 0.2) is 60.7 Å². The van der Waals surface area contributed by atoms with Gasteiger partial charge in [-0.05, 0) is 28.0 Å². The molecule has 0 aliphatic heterocycles. The molecule has 0 heterocycles. The Morgan fingerprint density at radius 1 is 1.09 bits per heavy atom. The van der Waals surface area contributed by atoms with Gasteiger partial charge in [0.15, 0.2) is 5.75 Å². The lowest BCUT2D eigenvalue weighted by molar-refractivity contribution is -0.385. The molecule has 0 saturated heterocycles. The van der Waals surface area contributed by atoms with Crippen molar-refractivity contribution < 1.29 is 14.8 Å². The summed E-state index contributed by atoms with van der Waals surface area (Å²) >= 11 is 0. The van der Waals surface area contributed by atoms with Crippen molar-refractivity contribution in [2.75, 3.05) is 7.11 Å². The average Bonchev–Trinajstić information content (AvgIpc) is 2.60. The van der Waals surface area contributed by atoms with Gasteiger partial charge in [0.2, 0.25) is 0 Å². The standard InChI is InChI=1S/C18H15NO4/c1-23-17-10-9-13(11-16(17)19(21)22)18(20)15-8-4-6-12-5-2-3-7-14(12)15/h2-11,18,20H,1H3/t18-/m0/s1. The highest BCUT2D eigenvalue weighted by atomic mass is 16.6. The normalized spacial score (nSPS) is 12.1. The first-order chi connectivity index (χ1) is 11.1. The van der Waals surface area contributed by atoms with Gasteiger partial charge < -0.3 is 9.84 Å². The molecule has 3 aromatic rings. The van der Waals surface area contributed by atoms with Crippen molar-refractivity contribution in [3.63, 3.8) is 0 Å². The number of methoxy groups -OCH3 is 1. The molecule has 23 heavy (non-hydrogen) atoms. The predicted octanol–water partition coefficient (Wildman–Crippen LogP) is 3.84. The summed E-state index contributed by atoms with van der Waals surface area (Å²) in [6.07, 6.45) is -0.953. The largest absolute Gasteiger partial charge is 0.490 e. The topological polar surface area (TPSA) is 72.6 Å². The van der Waals surface area contributed by atoms with Crippen molar-refractivity contribution in [2.45, 2.75) is 6.10 Å². The van der Waals surface area contributed by atoms with Gasteiger partial charge in [0.05, 0.1) is 12.0 Å². The van der Waals surface area contributed by atoms with Gasteiger partial charge in [0, 0.05) is 6.07 Å². The van der Waals surface area contributed by atoms with Crippen LogP contribution in [0.2, 0.25) is 0 Å². The third-order valence-electron chi connectivity index (χ3n) is 3.83. The van der Waals surface area contributed by atoms with Gasteiger partial charge in [0.1, 0.15) is 6.10 Å². The molecule has 0 amide bonds. The fraction of sp³-hybridized carbons (Fsp3) is 0.111. The summed E-state index contributed by atoms with van der Waals surface area (Å²) in [4.78, 5) is 10.6. The number of hydrogen-bond acceptors (Lipinski definition) is 4. The Bertz CT molecular complexity index is 871. The molecule has 3 rings (SSSR count). The molecule has 0 aliphatic rings. The van der Waals surface area contributed by atoms with Crippen LogP contribution in [0, 0.1) is 10.1 Å². The van der Waals surface area contributed by atoms with Gasteiger partial charge in [-0.3, -0.25) is 10.1 Å². The summed E-state index contributed by atoms with van der Waals surface area (Å²) in [5.41, 5.74) is 1.00. The first-order valence-electron chi connectivity index (χ1n) is 7.10. The van der Waals surface area contributed by atoms with Crippen molar-refractivity contribution >= 4 is 16.5 Å². The van der Waals surface area contributed by atoms with Crippen LogP contribution in [-0.2, 0) is 0 Å². The number of rotatable bonds is 4. The van der Waals surface area contributed by atoms with E-state index in [0.29, 0.717) is 11.1 Å². The molecule has 0 bridgehead atoms. The molecule has 0 aromatic heterocycles. The van der Waals surface area contributed by atoms with Crippen LogP contribution in [0.3, 0.4) is 0 Å². The van der Waals surface area contributed by atoms with Crippen LogP contribution in [0.25, 0.3) is 10.8 Å². The number of fused-ring (bicyclic) bond motifs is 1. The molecule has 0 unspecified atom stereocenters. The molecule has 5 heteroatoms. The zero-order valence-electron chi connectivity index (χ0n) is 12.5. The molecular weight excluding hydrogens is 294 g/mol. The highest BCUT2D eigenvalue weighted by Crippen LogP contribution is 2.34. The number of hydrogen-bond donors (Lipinski definition) is 1. The van der Waals surface area contributed by atoms with Crippen LogP contribution in [0.1, 0.15) is 17.2 Å². The van der Waals surface area contributed by atoms with Gasteiger partial charge in [0.25, 0.3) is 0 Å².